The van der Waals surface area contributed by atoms with Crippen molar-refractivity contribution in [2.24, 2.45) is 0 Å². The second kappa shape index (κ2) is 5.82. The van der Waals surface area contributed by atoms with E-state index in [1.165, 1.54) is 62.8 Å². The van der Waals surface area contributed by atoms with Gasteiger partial charge >= 0.3 is 0 Å². The van der Waals surface area contributed by atoms with Crippen LogP contribution in [0.1, 0.15) is 32.1 Å². The number of rotatable bonds is 1. The minimum Gasteiger partial charge on any atom is -1.00 e. The zero-order chi connectivity index (χ0) is 10.0. The van der Waals surface area contributed by atoms with Crippen molar-refractivity contribution in [1.82, 2.24) is 4.90 Å². The first kappa shape index (κ1) is 13.7. The molecule has 0 amide bonds. The summed E-state index contributed by atoms with van der Waals surface area (Å²) in [6.07, 6.45) is 7.35. The predicted molar refractivity (Wildman–Crippen MR) is 60.3 cm³/mol. The van der Waals surface area contributed by atoms with Gasteiger partial charge in [-0.25, -0.2) is 0 Å². The number of hydrogen-bond donors (Lipinski definition) is 0. The third-order valence-electron chi connectivity index (χ3n) is 4.08. The van der Waals surface area contributed by atoms with Crippen LogP contribution in [0.3, 0.4) is 0 Å². The lowest BCUT2D eigenvalue weighted by atomic mass is 9.94. The highest BCUT2D eigenvalue weighted by atomic mass is 127. The SMILES string of the molecule is C[N+]1(C)CCN(C2CCCCC2)CC1.[I-]. The smallest absolute Gasteiger partial charge is 0.0912 e. The summed E-state index contributed by atoms with van der Waals surface area (Å²) in [6, 6.07) is 0.934. The lowest BCUT2D eigenvalue weighted by Crippen LogP contribution is -3.00. The summed E-state index contributed by atoms with van der Waals surface area (Å²) >= 11 is 0. The molecule has 15 heavy (non-hydrogen) atoms. The highest BCUT2D eigenvalue weighted by Crippen LogP contribution is 2.23. The molecule has 1 heterocycles. The molecule has 0 bridgehead atoms. The van der Waals surface area contributed by atoms with E-state index in [2.05, 4.69) is 19.0 Å². The number of likely N-dealkylation sites (N-methyl/N-ethyl adjacent to an activating group) is 1. The Morgan fingerprint density at radius 2 is 1.47 bits per heavy atom. The topological polar surface area (TPSA) is 3.24 Å². The molecule has 0 unspecified atom stereocenters. The van der Waals surface area contributed by atoms with Crippen LogP contribution in [-0.4, -0.2) is 55.7 Å². The summed E-state index contributed by atoms with van der Waals surface area (Å²) in [5.41, 5.74) is 0. The Labute approximate surface area is 112 Å². The van der Waals surface area contributed by atoms with E-state index in [4.69, 9.17) is 0 Å². The Hall–Kier alpha value is 0.650. The van der Waals surface area contributed by atoms with E-state index in [1.807, 2.05) is 0 Å². The Bertz CT molecular complexity index is 178. The number of halogens is 1. The zero-order valence-electron chi connectivity index (χ0n) is 10.2. The van der Waals surface area contributed by atoms with Crippen LogP contribution >= 0.6 is 0 Å². The number of nitrogens with zero attached hydrogens (tertiary/aromatic N) is 2. The summed E-state index contributed by atoms with van der Waals surface area (Å²) < 4.78 is 1.23. The van der Waals surface area contributed by atoms with Crippen molar-refractivity contribution in [3.63, 3.8) is 0 Å². The van der Waals surface area contributed by atoms with Gasteiger partial charge in [0.1, 0.15) is 0 Å². The van der Waals surface area contributed by atoms with Crippen molar-refractivity contribution in [2.45, 2.75) is 38.1 Å². The van der Waals surface area contributed by atoms with Crippen molar-refractivity contribution < 1.29 is 28.5 Å². The molecule has 2 rings (SSSR count). The lowest BCUT2D eigenvalue weighted by Gasteiger charge is -2.43. The van der Waals surface area contributed by atoms with Gasteiger partial charge in [-0.15, -0.1) is 0 Å². The summed E-state index contributed by atoms with van der Waals surface area (Å²) in [5, 5.41) is 0. The zero-order valence-corrected chi connectivity index (χ0v) is 12.4. The Morgan fingerprint density at radius 3 is 2.00 bits per heavy atom. The maximum absolute atomic E-state index is 2.75. The van der Waals surface area contributed by atoms with Crippen LogP contribution in [0.15, 0.2) is 0 Å². The standard InChI is InChI=1S/C12H25N2.HI/c1-14(2)10-8-13(9-11-14)12-6-4-3-5-7-12;/h12H,3-11H2,1-2H3;1H/q+1;/p-1. The minimum absolute atomic E-state index is 0. The molecule has 1 aliphatic heterocycles. The van der Waals surface area contributed by atoms with Gasteiger partial charge in [-0.2, -0.15) is 0 Å². The van der Waals surface area contributed by atoms with E-state index in [1.54, 1.807) is 0 Å². The fourth-order valence-corrected chi connectivity index (χ4v) is 2.83. The van der Waals surface area contributed by atoms with E-state index >= 15 is 0 Å². The maximum Gasteiger partial charge on any atom is 0.0912 e. The largest absolute Gasteiger partial charge is 1.00 e. The minimum atomic E-state index is 0. The van der Waals surface area contributed by atoms with Crippen LogP contribution in [0.4, 0.5) is 0 Å². The highest BCUT2D eigenvalue weighted by Gasteiger charge is 2.29. The van der Waals surface area contributed by atoms with E-state index in [-0.39, 0.29) is 24.0 Å². The van der Waals surface area contributed by atoms with Gasteiger partial charge in [0, 0.05) is 19.1 Å². The molecule has 2 aliphatic rings. The Balaban J connectivity index is 0.00000112. The fraction of sp³-hybridized carbons (Fsp3) is 1.00. The van der Waals surface area contributed by atoms with Gasteiger partial charge in [0.25, 0.3) is 0 Å². The molecule has 1 aliphatic carbocycles. The number of quaternary nitrogens is 1. The molecule has 0 N–H and O–H groups in total. The molecule has 0 atom stereocenters. The predicted octanol–water partition coefficient (Wildman–Crippen LogP) is -1.28. The van der Waals surface area contributed by atoms with Crippen LogP contribution in [0.25, 0.3) is 0 Å². The molecule has 90 valence electrons. The summed E-state index contributed by atoms with van der Waals surface area (Å²) in [5.74, 6) is 0. The van der Waals surface area contributed by atoms with Crippen molar-refractivity contribution in [1.29, 1.82) is 0 Å². The van der Waals surface area contributed by atoms with Gasteiger partial charge in [0.15, 0.2) is 0 Å². The molecular formula is C12H25IN2. The van der Waals surface area contributed by atoms with Gasteiger partial charge < -0.3 is 28.5 Å². The monoisotopic (exact) mass is 324 g/mol. The summed E-state index contributed by atoms with van der Waals surface area (Å²) in [6.45, 7) is 5.35. The van der Waals surface area contributed by atoms with Crippen LogP contribution in [0.5, 0.6) is 0 Å². The van der Waals surface area contributed by atoms with E-state index in [0.717, 1.165) is 6.04 Å². The molecule has 0 aromatic carbocycles. The molecule has 2 nitrogen and oxygen atoms in total. The third-order valence-corrected chi connectivity index (χ3v) is 4.08. The molecular weight excluding hydrogens is 299 g/mol. The molecule has 1 saturated carbocycles. The van der Waals surface area contributed by atoms with Crippen LogP contribution < -0.4 is 24.0 Å². The van der Waals surface area contributed by atoms with Gasteiger partial charge in [0.2, 0.25) is 0 Å². The van der Waals surface area contributed by atoms with Crippen molar-refractivity contribution in [3.8, 4) is 0 Å². The normalized spacial score (nSPS) is 28.4. The molecule has 0 aromatic heterocycles. The van der Waals surface area contributed by atoms with Crippen molar-refractivity contribution in [3.05, 3.63) is 0 Å². The van der Waals surface area contributed by atoms with Gasteiger partial charge in [-0.1, -0.05) is 19.3 Å². The molecule has 0 spiro atoms. The number of piperazine rings is 1. The first-order valence-electron chi connectivity index (χ1n) is 6.23. The van der Waals surface area contributed by atoms with E-state index in [9.17, 15) is 0 Å². The lowest BCUT2D eigenvalue weighted by molar-refractivity contribution is -0.894. The second-order valence-electron chi connectivity index (χ2n) is 5.71. The first-order valence-corrected chi connectivity index (χ1v) is 6.23. The van der Waals surface area contributed by atoms with Crippen LogP contribution in [0, 0.1) is 0 Å². The quantitative estimate of drug-likeness (QED) is 0.429. The van der Waals surface area contributed by atoms with Gasteiger partial charge in [0.05, 0.1) is 27.2 Å². The molecule has 2 fully saturated rings. The molecule has 3 heteroatoms. The maximum atomic E-state index is 2.75. The molecule has 1 saturated heterocycles. The molecule has 0 aromatic rings. The third kappa shape index (κ3) is 3.86. The molecule has 0 radical (unpaired) electrons. The fourth-order valence-electron chi connectivity index (χ4n) is 2.83. The van der Waals surface area contributed by atoms with Crippen LogP contribution in [0.2, 0.25) is 0 Å². The summed E-state index contributed by atoms with van der Waals surface area (Å²) in [7, 11) is 4.72. The van der Waals surface area contributed by atoms with E-state index < -0.39 is 0 Å². The van der Waals surface area contributed by atoms with E-state index in [0.29, 0.717) is 0 Å². The Morgan fingerprint density at radius 1 is 0.933 bits per heavy atom. The van der Waals surface area contributed by atoms with Crippen LogP contribution in [-0.2, 0) is 0 Å². The van der Waals surface area contributed by atoms with Gasteiger partial charge in [-0.05, 0) is 12.8 Å². The average molecular weight is 324 g/mol. The average Bonchev–Trinajstić information content (AvgIpc) is 2.19. The first-order chi connectivity index (χ1) is 6.67. The van der Waals surface area contributed by atoms with Gasteiger partial charge in [-0.3, -0.25) is 4.90 Å². The highest BCUT2D eigenvalue weighted by molar-refractivity contribution is 4.77. The number of hydrogen-bond acceptors (Lipinski definition) is 1. The summed E-state index contributed by atoms with van der Waals surface area (Å²) in [4.78, 5) is 2.75. The van der Waals surface area contributed by atoms with Crippen molar-refractivity contribution >= 4 is 0 Å². The second-order valence-corrected chi connectivity index (χ2v) is 5.71. The Kier molecular flexibility index (Phi) is 5.32. The van der Waals surface area contributed by atoms with Crippen molar-refractivity contribution in [2.75, 3.05) is 40.3 Å².